The summed E-state index contributed by atoms with van der Waals surface area (Å²) in [5.74, 6) is 0. The molecule has 0 nitrogen and oxygen atoms in total. The standard InChI is InChI=1S/C10H6ClS/c11-9-4-1-3-8(7-9)10-5-2-6-12-10/h1-4,6-7H. The predicted octanol–water partition coefficient (Wildman–Crippen LogP) is 3.87. The molecule has 0 aliphatic carbocycles. The van der Waals surface area contributed by atoms with E-state index >= 15 is 0 Å². The number of thiophene rings is 1. The van der Waals surface area contributed by atoms with Gasteiger partial charge >= 0.3 is 0 Å². The van der Waals surface area contributed by atoms with Crippen molar-refractivity contribution in [3.05, 3.63) is 46.8 Å². The Balaban J connectivity index is 2.48. The van der Waals surface area contributed by atoms with Crippen molar-refractivity contribution in [2.75, 3.05) is 0 Å². The van der Waals surface area contributed by atoms with E-state index in [0.717, 1.165) is 15.5 Å². The number of hydrogen-bond donors (Lipinski definition) is 0. The van der Waals surface area contributed by atoms with Gasteiger partial charge in [0.15, 0.2) is 0 Å². The minimum atomic E-state index is 0.773. The molecule has 0 atom stereocenters. The van der Waals surface area contributed by atoms with Crippen LogP contribution in [0.1, 0.15) is 0 Å². The van der Waals surface area contributed by atoms with Crippen molar-refractivity contribution < 1.29 is 0 Å². The Morgan fingerprint density at radius 1 is 1.33 bits per heavy atom. The van der Waals surface area contributed by atoms with Gasteiger partial charge in [-0.25, -0.2) is 0 Å². The molecule has 0 saturated heterocycles. The van der Waals surface area contributed by atoms with Crippen molar-refractivity contribution in [1.29, 1.82) is 0 Å². The molecule has 0 bridgehead atoms. The third-order valence-corrected chi connectivity index (χ3v) is 2.65. The quantitative estimate of drug-likeness (QED) is 0.645. The van der Waals surface area contributed by atoms with Crippen LogP contribution in [0.5, 0.6) is 0 Å². The molecule has 2 aromatic rings. The summed E-state index contributed by atoms with van der Waals surface area (Å²) in [5, 5.41) is 2.78. The van der Waals surface area contributed by atoms with Gasteiger partial charge in [0.2, 0.25) is 0 Å². The maximum Gasteiger partial charge on any atom is 0.0422 e. The lowest BCUT2D eigenvalue weighted by Crippen LogP contribution is -1.70. The first kappa shape index (κ1) is 7.84. The molecule has 0 saturated carbocycles. The molecule has 0 aliphatic rings. The molecule has 0 N–H and O–H groups in total. The van der Waals surface area contributed by atoms with Crippen molar-refractivity contribution in [2.24, 2.45) is 0 Å². The molecular weight excluding hydrogens is 188 g/mol. The van der Waals surface area contributed by atoms with E-state index in [1.165, 1.54) is 0 Å². The van der Waals surface area contributed by atoms with Crippen molar-refractivity contribution in [3.8, 4) is 10.4 Å². The van der Waals surface area contributed by atoms with Gasteiger partial charge in [-0.3, -0.25) is 0 Å². The highest BCUT2D eigenvalue weighted by molar-refractivity contribution is 7.13. The Hall–Kier alpha value is -0.790. The molecule has 59 valence electrons. The molecule has 1 radical (unpaired) electrons. The molecule has 0 unspecified atom stereocenters. The van der Waals surface area contributed by atoms with Gasteiger partial charge in [-0.15, -0.1) is 11.3 Å². The number of halogens is 1. The second-order valence-electron chi connectivity index (χ2n) is 2.40. The van der Waals surface area contributed by atoms with E-state index < -0.39 is 0 Å². The van der Waals surface area contributed by atoms with Crippen LogP contribution in [0.3, 0.4) is 0 Å². The van der Waals surface area contributed by atoms with Crippen LogP contribution < -0.4 is 0 Å². The first-order chi connectivity index (χ1) is 5.86. The van der Waals surface area contributed by atoms with Gasteiger partial charge < -0.3 is 0 Å². The molecule has 2 rings (SSSR count). The summed E-state index contributed by atoms with van der Waals surface area (Å²) in [5.41, 5.74) is 1.14. The topological polar surface area (TPSA) is 0 Å². The Bertz CT molecular complexity index is 365. The molecule has 0 aliphatic heterocycles. The first-order valence-electron chi connectivity index (χ1n) is 3.57. The summed E-state index contributed by atoms with van der Waals surface area (Å²) in [6.45, 7) is 0. The highest BCUT2D eigenvalue weighted by Crippen LogP contribution is 2.25. The van der Waals surface area contributed by atoms with Crippen LogP contribution in [-0.4, -0.2) is 0 Å². The molecular formula is C10H6ClS. The second-order valence-corrected chi connectivity index (χ2v) is 3.76. The second kappa shape index (κ2) is 3.30. The molecule has 1 aromatic carbocycles. The highest BCUT2D eigenvalue weighted by atomic mass is 35.5. The monoisotopic (exact) mass is 193 g/mol. The Kier molecular flexibility index (Phi) is 2.15. The fourth-order valence-corrected chi connectivity index (χ4v) is 1.89. The van der Waals surface area contributed by atoms with Crippen molar-refractivity contribution in [3.63, 3.8) is 0 Å². The van der Waals surface area contributed by atoms with E-state index in [4.69, 9.17) is 11.6 Å². The number of hydrogen-bond acceptors (Lipinski definition) is 1. The van der Waals surface area contributed by atoms with Gasteiger partial charge in [0, 0.05) is 16.0 Å². The maximum absolute atomic E-state index is 5.85. The minimum Gasteiger partial charge on any atom is -0.143 e. The van der Waals surface area contributed by atoms with Crippen molar-refractivity contribution in [2.45, 2.75) is 0 Å². The summed E-state index contributed by atoms with van der Waals surface area (Å²) in [6, 6.07) is 12.9. The third kappa shape index (κ3) is 1.52. The maximum atomic E-state index is 5.85. The van der Waals surface area contributed by atoms with Crippen LogP contribution in [0.15, 0.2) is 35.7 Å². The Morgan fingerprint density at radius 3 is 2.92 bits per heavy atom. The van der Waals surface area contributed by atoms with Crippen LogP contribution in [-0.2, 0) is 0 Å². The average molecular weight is 194 g/mol. The third-order valence-electron chi connectivity index (χ3n) is 1.56. The van der Waals surface area contributed by atoms with Gasteiger partial charge in [-0.05, 0) is 29.1 Å². The SMILES string of the molecule is Clc1cccc(-c2[c]ccs2)c1. The molecule has 1 aromatic heterocycles. The summed E-state index contributed by atoms with van der Waals surface area (Å²) >= 11 is 7.52. The predicted molar refractivity (Wildman–Crippen MR) is 53.6 cm³/mol. The average Bonchev–Trinajstić information content (AvgIpc) is 2.56. The van der Waals surface area contributed by atoms with E-state index in [0.29, 0.717) is 0 Å². The Morgan fingerprint density at radius 2 is 2.25 bits per heavy atom. The van der Waals surface area contributed by atoms with E-state index in [9.17, 15) is 0 Å². The van der Waals surface area contributed by atoms with Gasteiger partial charge in [0.1, 0.15) is 0 Å². The zero-order chi connectivity index (χ0) is 8.39. The fraction of sp³-hybridized carbons (Fsp3) is 0. The number of rotatable bonds is 1. The van der Waals surface area contributed by atoms with Crippen LogP contribution in [0, 0.1) is 6.07 Å². The molecule has 0 spiro atoms. The zero-order valence-electron chi connectivity index (χ0n) is 6.25. The van der Waals surface area contributed by atoms with E-state index in [-0.39, 0.29) is 0 Å². The van der Waals surface area contributed by atoms with Crippen LogP contribution in [0.25, 0.3) is 10.4 Å². The van der Waals surface area contributed by atoms with Crippen molar-refractivity contribution >= 4 is 22.9 Å². The lowest BCUT2D eigenvalue weighted by atomic mass is 10.2. The first-order valence-corrected chi connectivity index (χ1v) is 4.83. The van der Waals surface area contributed by atoms with Gasteiger partial charge in [-0.2, -0.15) is 0 Å². The largest absolute Gasteiger partial charge is 0.143 e. The minimum absolute atomic E-state index is 0.773. The molecule has 2 heteroatoms. The normalized spacial score (nSPS) is 10.1. The Labute approximate surface area is 80.4 Å². The summed E-state index contributed by atoms with van der Waals surface area (Å²) in [6.07, 6.45) is 0. The van der Waals surface area contributed by atoms with Gasteiger partial charge in [-0.1, -0.05) is 23.7 Å². The van der Waals surface area contributed by atoms with Gasteiger partial charge in [0.25, 0.3) is 0 Å². The molecule has 0 fully saturated rings. The van der Waals surface area contributed by atoms with Crippen LogP contribution in [0.2, 0.25) is 5.02 Å². The summed E-state index contributed by atoms with van der Waals surface area (Å²) in [4.78, 5) is 1.14. The summed E-state index contributed by atoms with van der Waals surface area (Å²) in [7, 11) is 0. The fourth-order valence-electron chi connectivity index (χ4n) is 1.03. The lowest BCUT2D eigenvalue weighted by molar-refractivity contribution is 1.69. The summed E-state index contributed by atoms with van der Waals surface area (Å²) < 4.78 is 0. The van der Waals surface area contributed by atoms with Crippen molar-refractivity contribution in [1.82, 2.24) is 0 Å². The van der Waals surface area contributed by atoms with Gasteiger partial charge in [0.05, 0.1) is 0 Å². The molecule has 12 heavy (non-hydrogen) atoms. The lowest BCUT2D eigenvalue weighted by Gasteiger charge is -1.95. The van der Waals surface area contributed by atoms with Crippen LogP contribution >= 0.6 is 22.9 Å². The smallest absolute Gasteiger partial charge is 0.0422 e. The van der Waals surface area contributed by atoms with E-state index in [1.54, 1.807) is 11.3 Å². The number of benzene rings is 1. The molecule has 1 heterocycles. The van der Waals surface area contributed by atoms with E-state index in [1.807, 2.05) is 35.7 Å². The van der Waals surface area contributed by atoms with Crippen LogP contribution in [0.4, 0.5) is 0 Å². The highest BCUT2D eigenvalue weighted by Gasteiger charge is 1.97. The zero-order valence-corrected chi connectivity index (χ0v) is 7.82. The molecule has 0 amide bonds. The van der Waals surface area contributed by atoms with E-state index in [2.05, 4.69) is 6.07 Å².